The predicted octanol–water partition coefficient (Wildman–Crippen LogP) is 3.56. The van der Waals surface area contributed by atoms with E-state index in [1.54, 1.807) is 0 Å². The first kappa shape index (κ1) is 27.5. The van der Waals surface area contributed by atoms with Gasteiger partial charge in [-0.05, 0) is 55.6 Å². The van der Waals surface area contributed by atoms with E-state index < -0.39 is 0 Å². The lowest BCUT2D eigenvalue weighted by atomic mass is 10.2. The average molecular weight is 410 g/mol. The first-order chi connectivity index (χ1) is 14.7. The molecule has 0 saturated carbocycles. The molecule has 0 heterocycles. The molecule has 0 aromatic heterocycles. The number of hydrogen-bond acceptors (Lipinski definition) is 4. The van der Waals surface area contributed by atoms with Gasteiger partial charge in [-0.2, -0.15) is 0 Å². The number of rotatable bonds is 6. The van der Waals surface area contributed by atoms with E-state index in [0.29, 0.717) is 0 Å². The highest BCUT2D eigenvalue weighted by atomic mass is 16.2. The van der Waals surface area contributed by atoms with Gasteiger partial charge in [0.2, 0.25) is 0 Å². The lowest BCUT2D eigenvalue weighted by molar-refractivity contribution is 0.299. The standard InChI is InChI=1S/2C8H11N.C8H10O.C2H7N/c3*9-7-6-8-4-2-1-3-5-8;1-2-3/h2*1-5H,6-7,9H2;1-5,9H,6-7H2;2-3H2,1H3. The third-order valence-electron chi connectivity index (χ3n) is 3.79. The average Bonchev–Trinajstić information content (AvgIpc) is 2.78. The van der Waals surface area contributed by atoms with Crippen LogP contribution in [0.1, 0.15) is 23.6 Å². The van der Waals surface area contributed by atoms with Gasteiger partial charge >= 0.3 is 0 Å². The Bertz CT molecular complexity index is 593. The maximum Gasteiger partial charge on any atom is 0.0471 e. The van der Waals surface area contributed by atoms with Crippen LogP contribution < -0.4 is 17.2 Å². The van der Waals surface area contributed by atoms with Crippen LogP contribution in [0, 0.1) is 0 Å². The summed E-state index contributed by atoms with van der Waals surface area (Å²) in [5.41, 5.74) is 19.4. The molecule has 0 aliphatic heterocycles. The third kappa shape index (κ3) is 16.5. The van der Waals surface area contributed by atoms with E-state index in [-0.39, 0.29) is 6.61 Å². The molecule has 0 atom stereocenters. The predicted molar refractivity (Wildman–Crippen MR) is 130 cm³/mol. The van der Waals surface area contributed by atoms with Crippen LogP contribution in [0.4, 0.5) is 0 Å². The summed E-state index contributed by atoms with van der Waals surface area (Å²) in [7, 11) is 0. The summed E-state index contributed by atoms with van der Waals surface area (Å²) in [5.74, 6) is 0. The van der Waals surface area contributed by atoms with Crippen molar-refractivity contribution in [3.05, 3.63) is 108 Å². The first-order valence-electron chi connectivity index (χ1n) is 10.5. The van der Waals surface area contributed by atoms with Crippen molar-refractivity contribution in [2.24, 2.45) is 17.2 Å². The van der Waals surface area contributed by atoms with Crippen molar-refractivity contribution < 1.29 is 5.11 Å². The molecule has 0 radical (unpaired) electrons. The number of hydrogen-bond donors (Lipinski definition) is 4. The molecule has 164 valence electrons. The van der Waals surface area contributed by atoms with Crippen molar-refractivity contribution >= 4 is 0 Å². The number of nitrogens with two attached hydrogens (primary N) is 3. The molecule has 0 aliphatic rings. The lowest BCUT2D eigenvalue weighted by Gasteiger charge is -1.93. The highest BCUT2D eigenvalue weighted by molar-refractivity contribution is 5.15. The second-order valence-corrected chi connectivity index (χ2v) is 6.42. The maximum absolute atomic E-state index is 8.52. The summed E-state index contributed by atoms with van der Waals surface area (Å²) in [5, 5.41) is 8.52. The Kier molecular flexibility index (Phi) is 19.4. The van der Waals surface area contributed by atoms with Crippen LogP contribution in [-0.2, 0) is 19.3 Å². The van der Waals surface area contributed by atoms with Crippen LogP contribution in [0.5, 0.6) is 0 Å². The lowest BCUT2D eigenvalue weighted by Crippen LogP contribution is -2.01. The van der Waals surface area contributed by atoms with E-state index in [1.807, 2.05) is 73.7 Å². The fourth-order valence-electron chi connectivity index (χ4n) is 2.40. The summed E-state index contributed by atoms with van der Waals surface area (Å²) >= 11 is 0. The Morgan fingerprint density at radius 1 is 0.533 bits per heavy atom. The molecule has 4 heteroatoms. The van der Waals surface area contributed by atoms with Crippen molar-refractivity contribution in [1.82, 2.24) is 0 Å². The Morgan fingerprint density at radius 3 is 1.03 bits per heavy atom. The molecule has 0 aliphatic carbocycles. The number of benzene rings is 3. The van der Waals surface area contributed by atoms with E-state index >= 15 is 0 Å². The van der Waals surface area contributed by atoms with Crippen molar-refractivity contribution in [3.63, 3.8) is 0 Å². The monoisotopic (exact) mass is 409 g/mol. The molecule has 3 rings (SSSR count). The van der Waals surface area contributed by atoms with E-state index in [4.69, 9.17) is 22.3 Å². The number of aliphatic hydroxyl groups excluding tert-OH is 1. The van der Waals surface area contributed by atoms with Crippen LogP contribution in [-0.4, -0.2) is 31.3 Å². The molecule has 0 unspecified atom stereocenters. The Hall–Kier alpha value is -2.50. The van der Waals surface area contributed by atoms with Gasteiger partial charge < -0.3 is 22.3 Å². The highest BCUT2D eigenvalue weighted by Crippen LogP contribution is 1.98. The molecule has 4 nitrogen and oxygen atoms in total. The first-order valence-corrected chi connectivity index (χ1v) is 10.5. The second kappa shape index (κ2) is 21.2. The fraction of sp³-hybridized carbons (Fsp3) is 0.308. The van der Waals surface area contributed by atoms with Gasteiger partial charge in [-0.1, -0.05) is 97.9 Å². The summed E-state index contributed by atoms with van der Waals surface area (Å²) in [6.45, 7) is 4.37. The molecular formula is C26H39N3O. The molecule has 0 amide bonds. The fourth-order valence-corrected chi connectivity index (χ4v) is 2.40. The van der Waals surface area contributed by atoms with Gasteiger partial charge in [-0.15, -0.1) is 0 Å². The van der Waals surface area contributed by atoms with Gasteiger partial charge in [0, 0.05) is 6.61 Å². The van der Waals surface area contributed by atoms with Gasteiger partial charge in [0.1, 0.15) is 0 Å². The summed E-state index contributed by atoms with van der Waals surface area (Å²) < 4.78 is 0. The number of aliphatic hydroxyl groups is 1. The maximum atomic E-state index is 8.52. The Labute approximate surface area is 182 Å². The van der Waals surface area contributed by atoms with Gasteiger partial charge in [0.25, 0.3) is 0 Å². The van der Waals surface area contributed by atoms with Gasteiger partial charge in [0.05, 0.1) is 0 Å². The smallest absolute Gasteiger partial charge is 0.0471 e. The minimum atomic E-state index is 0.240. The van der Waals surface area contributed by atoms with Crippen LogP contribution >= 0.6 is 0 Å². The van der Waals surface area contributed by atoms with Crippen LogP contribution in [0.25, 0.3) is 0 Å². The van der Waals surface area contributed by atoms with Crippen molar-refractivity contribution in [1.29, 1.82) is 0 Å². The summed E-state index contributed by atoms with van der Waals surface area (Å²) in [6.07, 6.45) is 2.74. The molecule has 7 N–H and O–H groups in total. The molecule has 0 saturated heterocycles. The van der Waals surface area contributed by atoms with E-state index in [1.165, 1.54) is 16.7 Å². The zero-order valence-electron chi connectivity index (χ0n) is 18.3. The van der Waals surface area contributed by atoms with Crippen LogP contribution in [0.15, 0.2) is 91.0 Å². The van der Waals surface area contributed by atoms with Crippen molar-refractivity contribution in [3.8, 4) is 0 Å². The SMILES string of the molecule is CCN.NCCc1ccccc1.NCCc1ccccc1.OCCc1ccccc1. The Morgan fingerprint density at radius 2 is 0.800 bits per heavy atom. The minimum absolute atomic E-state index is 0.240. The summed E-state index contributed by atoms with van der Waals surface area (Å²) in [6, 6.07) is 30.5. The van der Waals surface area contributed by atoms with E-state index in [2.05, 4.69) is 24.3 Å². The van der Waals surface area contributed by atoms with E-state index in [9.17, 15) is 0 Å². The van der Waals surface area contributed by atoms with Crippen LogP contribution in [0.3, 0.4) is 0 Å². The molecule has 30 heavy (non-hydrogen) atoms. The summed E-state index contributed by atoms with van der Waals surface area (Å²) in [4.78, 5) is 0. The van der Waals surface area contributed by atoms with Crippen LogP contribution in [0.2, 0.25) is 0 Å². The van der Waals surface area contributed by atoms with Crippen molar-refractivity contribution in [2.75, 3.05) is 26.2 Å². The second-order valence-electron chi connectivity index (χ2n) is 6.42. The molecule has 3 aromatic carbocycles. The normalized spacial score (nSPS) is 9.10. The molecule has 0 fully saturated rings. The largest absolute Gasteiger partial charge is 0.396 e. The third-order valence-corrected chi connectivity index (χ3v) is 3.79. The quantitative estimate of drug-likeness (QED) is 0.500. The van der Waals surface area contributed by atoms with Gasteiger partial charge in [-0.3, -0.25) is 0 Å². The molecule has 3 aromatic rings. The zero-order chi connectivity index (χ0) is 22.3. The molecular weight excluding hydrogens is 370 g/mol. The van der Waals surface area contributed by atoms with Gasteiger partial charge in [-0.25, -0.2) is 0 Å². The highest BCUT2D eigenvalue weighted by Gasteiger charge is 1.86. The van der Waals surface area contributed by atoms with Gasteiger partial charge in [0.15, 0.2) is 0 Å². The van der Waals surface area contributed by atoms with Crippen molar-refractivity contribution in [2.45, 2.75) is 26.2 Å². The Balaban J connectivity index is 0.000000394. The van der Waals surface area contributed by atoms with E-state index in [0.717, 1.165) is 38.9 Å². The minimum Gasteiger partial charge on any atom is -0.396 e. The molecule has 0 bridgehead atoms. The zero-order valence-corrected chi connectivity index (χ0v) is 18.3. The molecule has 0 spiro atoms. The topological polar surface area (TPSA) is 98.3 Å².